The second-order valence-corrected chi connectivity index (χ2v) is 35.0. The van der Waals surface area contributed by atoms with Gasteiger partial charge in [-0.1, -0.05) is 43.5 Å². The Balaban J connectivity index is 1.35. The van der Waals surface area contributed by atoms with Crippen LogP contribution in [0.3, 0.4) is 0 Å². The molecule has 0 radical (unpaired) electrons. The Bertz CT molecular complexity index is 4460. The summed E-state index contributed by atoms with van der Waals surface area (Å²) in [7, 11) is -13.8. The van der Waals surface area contributed by atoms with E-state index in [1.54, 1.807) is 69.2 Å². The van der Waals surface area contributed by atoms with E-state index >= 15 is 35.5 Å². The van der Waals surface area contributed by atoms with Gasteiger partial charge in [-0.25, -0.2) is 43.9 Å². The molecule has 1 N–H and O–H groups in total. The zero-order chi connectivity index (χ0) is 73.8. The summed E-state index contributed by atoms with van der Waals surface area (Å²) in [6, 6.07) is 5.53. The van der Waals surface area contributed by atoms with Crippen LogP contribution in [-0.4, -0.2) is 113 Å². The van der Waals surface area contributed by atoms with Crippen LogP contribution in [0.2, 0.25) is 5.02 Å². The van der Waals surface area contributed by atoms with E-state index in [9.17, 15) is 44.2 Å². The van der Waals surface area contributed by atoms with Gasteiger partial charge in [-0.3, -0.25) is 33.1 Å². The monoisotopic (exact) mass is 1460 g/mol. The summed E-state index contributed by atoms with van der Waals surface area (Å²) in [5.74, 6) is -8.48. The molecular weight excluding hydrogens is 1390 g/mol. The van der Waals surface area contributed by atoms with Crippen LogP contribution in [0.4, 0.5) is 49.7 Å². The maximum absolute atomic E-state index is 15.9. The number of aryl methyl sites for hydroxylation is 1. The van der Waals surface area contributed by atoms with Gasteiger partial charge in [0.25, 0.3) is 5.92 Å². The number of aliphatic imine (C=N–C) groups is 1. The third-order valence-corrected chi connectivity index (χ3v) is 21.0. The fourth-order valence-corrected chi connectivity index (χ4v) is 15.1. The Morgan fingerprint density at radius 3 is 1.97 bits per heavy atom. The summed E-state index contributed by atoms with van der Waals surface area (Å²) in [5, 5.41) is 5.45. The summed E-state index contributed by atoms with van der Waals surface area (Å²) in [5.41, 5.74) is -10.7. The van der Waals surface area contributed by atoms with Crippen molar-refractivity contribution in [3.63, 3.8) is 0 Å². The quantitative estimate of drug-likeness (QED) is 0.0331. The van der Waals surface area contributed by atoms with Crippen molar-refractivity contribution in [1.29, 1.82) is 0 Å². The molecule has 1 aliphatic heterocycles. The lowest BCUT2D eigenvalue weighted by molar-refractivity contribution is -0.154. The number of amides is 2. The van der Waals surface area contributed by atoms with Crippen molar-refractivity contribution in [2.45, 2.75) is 193 Å². The first kappa shape index (κ1) is 76.8. The number of sulfonamides is 1. The predicted molar refractivity (Wildman–Crippen MR) is 347 cm³/mol. The highest BCUT2D eigenvalue weighted by atomic mass is 35.5. The van der Waals surface area contributed by atoms with Gasteiger partial charge < -0.3 is 14.6 Å². The molecule has 8 rings (SSSR count). The number of ether oxygens (including phenoxy) is 1. The molecule has 0 spiro atoms. The number of allylic oxidation sites excluding steroid dienone is 1. The molecule has 2 aromatic heterocycles. The molecule has 534 valence electrons. The molecular formula is C66H74ClF10N6O12PS2. The van der Waals surface area contributed by atoms with E-state index in [0.717, 1.165) is 42.7 Å². The summed E-state index contributed by atoms with van der Waals surface area (Å²) in [4.78, 5) is 52.0. The number of aromatic nitrogens is 3. The van der Waals surface area contributed by atoms with Crippen LogP contribution in [0.25, 0.3) is 22.0 Å². The minimum Gasteiger partial charge on any atom is -0.460 e. The number of benzene rings is 3. The number of alkyl halides is 8. The molecule has 32 heteroatoms. The highest BCUT2D eigenvalue weighted by molar-refractivity contribution is 7.93. The lowest BCUT2D eigenvalue weighted by Crippen LogP contribution is -2.40. The molecule has 5 aromatic rings. The number of hydrogen-bond acceptors (Lipinski definition) is 15. The third kappa shape index (κ3) is 17.6. The normalized spacial score (nSPS) is 18.0. The maximum atomic E-state index is 15.9. The number of anilines is 1. The fourth-order valence-electron chi connectivity index (χ4n) is 11.9. The number of pyridine rings is 1. The lowest BCUT2D eigenvalue weighted by atomic mass is 9.77. The van der Waals surface area contributed by atoms with Crippen LogP contribution in [-0.2, 0) is 77.4 Å². The average Bonchev–Trinajstić information content (AvgIpc) is 1.52. The van der Waals surface area contributed by atoms with Crippen molar-refractivity contribution in [3.05, 3.63) is 116 Å². The second kappa shape index (κ2) is 26.2. The predicted octanol–water partition coefficient (Wildman–Crippen LogP) is 14.5. The van der Waals surface area contributed by atoms with Crippen molar-refractivity contribution in [3.8, 4) is 28.7 Å². The first-order valence-electron chi connectivity index (χ1n) is 30.5. The number of phosphoric ester groups is 1. The van der Waals surface area contributed by atoms with Gasteiger partial charge in [0.05, 0.1) is 64.0 Å². The van der Waals surface area contributed by atoms with Gasteiger partial charge in [0.15, 0.2) is 15.7 Å². The van der Waals surface area contributed by atoms with Gasteiger partial charge >= 0.3 is 26.1 Å². The molecule has 1 saturated carbocycles. The Kier molecular flexibility index (Phi) is 20.6. The summed E-state index contributed by atoms with van der Waals surface area (Å²) >= 11 is 6.95. The van der Waals surface area contributed by atoms with Gasteiger partial charge in [-0.05, 0) is 166 Å². The van der Waals surface area contributed by atoms with Gasteiger partial charge in [0.1, 0.15) is 45.7 Å². The number of halogens is 11. The van der Waals surface area contributed by atoms with Crippen LogP contribution in [0.5, 0.6) is 5.75 Å². The van der Waals surface area contributed by atoms with Crippen LogP contribution in [0.15, 0.2) is 70.7 Å². The van der Waals surface area contributed by atoms with Crippen LogP contribution >= 0.6 is 19.4 Å². The van der Waals surface area contributed by atoms with E-state index in [0.29, 0.717) is 17.9 Å². The molecule has 3 aromatic carbocycles. The first-order valence-corrected chi connectivity index (χ1v) is 36.1. The summed E-state index contributed by atoms with van der Waals surface area (Å²) in [6.07, 6.45) is -12.8. The number of rotatable bonds is 20. The second-order valence-electron chi connectivity index (χ2n) is 28.8. The number of nitrogens with zero attached hydrogens (tertiary/aromatic N) is 5. The molecule has 3 heterocycles. The largest absolute Gasteiger partial charge is 0.531 e. The van der Waals surface area contributed by atoms with Crippen LogP contribution in [0, 0.1) is 42.2 Å². The number of carbonyl (C=O) groups is 3. The van der Waals surface area contributed by atoms with E-state index in [1.807, 2.05) is 0 Å². The zero-order valence-electron chi connectivity index (χ0n) is 56.3. The van der Waals surface area contributed by atoms with E-state index in [1.165, 1.54) is 39.8 Å². The zero-order valence-corrected chi connectivity index (χ0v) is 59.6. The molecule has 3 aliphatic rings. The lowest BCUT2D eigenvalue weighted by Gasteiger charge is -2.34. The van der Waals surface area contributed by atoms with Crippen LogP contribution in [0.1, 0.15) is 149 Å². The van der Waals surface area contributed by atoms with Gasteiger partial charge in [-0.15, -0.1) is 0 Å². The molecule has 1 unspecified atom stereocenters. The Labute approximate surface area is 566 Å². The van der Waals surface area contributed by atoms with Crippen molar-refractivity contribution in [2.24, 2.45) is 16.8 Å². The minimum absolute atomic E-state index is 0.0359. The number of phosphoric acid groups is 1. The van der Waals surface area contributed by atoms with E-state index in [-0.39, 0.29) is 49.1 Å². The molecule has 1 fully saturated rings. The molecule has 98 heavy (non-hydrogen) atoms. The van der Waals surface area contributed by atoms with Gasteiger partial charge in [0, 0.05) is 52.3 Å². The highest BCUT2D eigenvalue weighted by Crippen LogP contribution is 2.67. The van der Waals surface area contributed by atoms with Crippen LogP contribution < -0.4 is 14.1 Å². The molecule has 0 saturated heterocycles. The fraction of sp³-hybridized carbons (Fsp3) is 0.515. The molecule has 18 nitrogen and oxygen atoms in total. The van der Waals surface area contributed by atoms with Crippen molar-refractivity contribution >= 4 is 79.5 Å². The summed E-state index contributed by atoms with van der Waals surface area (Å²) in [6.45, 7) is 19.1. The Morgan fingerprint density at radius 1 is 0.837 bits per heavy atom. The van der Waals surface area contributed by atoms with E-state index in [2.05, 4.69) is 32.2 Å². The van der Waals surface area contributed by atoms with Crippen molar-refractivity contribution in [2.75, 3.05) is 16.8 Å². The molecule has 0 bridgehead atoms. The first-order chi connectivity index (χ1) is 44.4. The Morgan fingerprint density at radius 2 is 1.43 bits per heavy atom. The van der Waals surface area contributed by atoms with Gasteiger partial charge in [-0.2, -0.15) is 35.7 Å². The van der Waals surface area contributed by atoms with Crippen molar-refractivity contribution in [1.82, 2.24) is 20.1 Å². The minimum atomic E-state index is -5.25. The van der Waals surface area contributed by atoms with Gasteiger partial charge in [0.2, 0.25) is 21.8 Å². The number of nitrogens with one attached hydrogen (secondary N) is 1. The maximum Gasteiger partial charge on any atom is 0.531 e. The number of carbonyl (C=O) groups excluding carboxylic acids is 3. The average molecular weight is 1460 g/mol. The Hall–Kier alpha value is -6.90. The number of hydrogen-bond donors (Lipinski definition) is 1. The third-order valence-electron chi connectivity index (χ3n) is 15.7. The molecule has 2 amide bonds. The number of sulfone groups is 1. The smallest absolute Gasteiger partial charge is 0.460 e. The molecule has 2 aliphatic carbocycles. The highest BCUT2D eigenvalue weighted by Gasteiger charge is 2.70. The SMILES string of the molecule is Cc1cc(CC(=O)OC(C)(C)C)c(C(C)(C)CC(=O)N(c2nn(CC(F)(F)F)c3c(-c4ccc(C#CC(C)(C)S(C)(=O)=O)nc4[C@H](Cc4cc(F)cc(F)c4)NC(=O)CC4N=C(C(F)(F)F)C5=C4C(F)(F)[C@@H]4C[C@H]54)ccc(Cl)c23)S(C)(=O)=O)c(OP(=O)(OC(C)(C)C)OC(C)(C)C)c1. The number of esters is 1. The molecule has 4 atom stereocenters. The van der Waals surface area contributed by atoms with E-state index < -0.39 is 208 Å². The topological polar surface area (TPSA) is 232 Å². The summed E-state index contributed by atoms with van der Waals surface area (Å²) < 4.78 is 243. The standard InChI is InChI=1S/C66H74ClF10N6O12PS2/c1-34-23-36(28-50(86)92-59(2,3)4)53(47(24-34)93-96(87,94-60(5,6)7)95-61(8,9)10)62(11,12)32-49(85)83(98(16,90)91)58-52-44(67)20-19-41(56(52)82(81-58)33-64(70,71)72)40-18-17-39(21-22-63(13,14)97(15,88)89)78-55(40)46(27-35-25-37(68)29-38(69)26-35)79-48(84)31-45-54-51(57(80-45)66(75,76)77)42-30-43(42)65(54,73)74/h17-20,23-26,29,42-43,45-46H,27-28,30-33H2,1-16H3,(H,79,84)/t42-,43+,45?,46-/m0/s1. The van der Waals surface area contributed by atoms with Crippen molar-refractivity contribution < 1.29 is 98.0 Å². The van der Waals surface area contributed by atoms with E-state index in [4.69, 9.17) is 29.9 Å². The number of fused-ring (bicyclic) bond motifs is 3.